The highest BCUT2D eigenvalue weighted by Gasteiger charge is 2.64. The third kappa shape index (κ3) is 4.21. The van der Waals surface area contributed by atoms with E-state index in [1.54, 1.807) is 0 Å². The topological polar surface area (TPSA) is 18.5 Å². The average Bonchev–Trinajstić information content (AvgIpc) is 2.82. The minimum absolute atomic E-state index is 0.163. The van der Waals surface area contributed by atoms with Crippen LogP contribution in [0.25, 0.3) is 0 Å². The van der Waals surface area contributed by atoms with Crippen molar-refractivity contribution < 1.29 is 8.85 Å². The highest BCUT2D eigenvalue weighted by Crippen LogP contribution is 2.56. The van der Waals surface area contributed by atoms with Gasteiger partial charge in [0, 0.05) is 17.4 Å². The predicted octanol–water partition coefficient (Wildman–Crippen LogP) is 7.51. The average molecular weight is 447 g/mol. The number of benzene rings is 2. The van der Waals surface area contributed by atoms with Crippen LogP contribution in [0.1, 0.15) is 83.8 Å². The summed E-state index contributed by atoms with van der Waals surface area (Å²) in [6.07, 6.45) is 8.03. The third-order valence-electron chi connectivity index (χ3n) is 7.15. The van der Waals surface area contributed by atoms with E-state index in [2.05, 4.69) is 99.8 Å². The van der Waals surface area contributed by atoms with Gasteiger partial charge >= 0.3 is 8.56 Å². The Morgan fingerprint density at radius 1 is 0.938 bits per heavy atom. The fourth-order valence-corrected chi connectivity index (χ4v) is 8.44. The lowest BCUT2D eigenvalue weighted by atomic mass is 9.68. The van der Waals surface area contributed by atoms with Crippen LogP contribution in [0, 0.1) is 17.4 Å². The summed E-state index contributed by atoms with van der Waals surface area (Å²) < 4.78 is 14.6. The first-order valence-corrected chi connectivity index (χ1v) is 14.2. The Morgan fingerprint density at radius 2 is 1.53 bits per heavy atom. The molecule has 3 atom stereocenters. The fourth-order valence-electron chi connectivity index (χ4n) is 5.34. The lowest BCUT2D eigenvalue weighted by Crippen LogP contribution is -2.66. The Morgan fingerprint density at radius 3 is 2.09 bits per heavy atom. The van der Waals surface area contributed by atoms with Crippen LogP contribution in [0.2, 0.25) is 5.04 Å². The summed E-state index contributed by atoms with van der Waals surface area (Å²) in [7, 11) is -2.90. The number of hydrogen-bond donors (Lipinski definition) is 0. The van der Waals surface area contributed by atoms with Crippen LogP contribution < -0.4 is 0 Å². The van der Waals surface area contributed by atoms with Crippen molar-refractivity contribution >= 4 is 8.56 Å². The second kappa shape index (κ2) is 9.55. The van der Waals surface area contributed by atoms with Gasteiger partial charge in [0.2, 0.25) is 0 Å². The summed E-state index contributed by atoms with van der Waals surface area (Å²) in [5.74, 6) is 3.79. The van der Waals surface area contributed by atoms with Crippen molar-refractivity contribution in [2.45, 2.75) is 89.4 Å². The zero-order valence-electron chi connectivity index (χ0n) is 20.2. The standard InChI is InChI=1S/C29H38O2Si/c1-5-6-7-16-23-32(28(2,3)4)30-27-22-15-14-21-26(27)29(31-32,24-17-10-8-11-18-24)25-19-12-9-13-20-25/h8-13,17-20,26-27H,5-7,14-15,21-22H2,1-4H3/t26-,27+,32?/m1/s1. The number of hydrogen-bond acceptors (Lipinski definition) is 2. The van der Waals surface area contributed by atoms with E-state index < -0.39 is 14.2 Å². The van der Waals surface area contributed by atoms with E-state index in [1.807, 2.05) is 0 Å². The highest BCUT2D eigenvalue weighted by molar-refractivity contribution is 6.78. The number of unbranched alkanes of at least 4 members (excludes halogenated alkanes) is 2. The van der Waals surface area contributed by atoms with E-state index in [9.17, 15) is 0 Å². The molecule has 1 saturated carbocycles. The van der Waals surface area contributed by atoms with Gasteiger partial charge in [-0.25, -0.2) is 0 Å². The van der Waals surface area contributed by atoms with Crippen molar-refractivity contribution in [2.24, 2.45) is 5.92 Å². The molecule has 2 nitrogen and oxygen atoms in total. The maximum Gasteiger partial charge on any atom is 0.430 e. The molecule has 2 aromatic carbocycles. The van der Waals surface area contributed by atoms with Crippen molar-refractivity contribution in [3.63, 3.8) is 0 Å². The number of fused-ring (bicyclic) bond motifs is 1. The summed E-state index contributed by atoms with van der Waals surface area (Å²) in [6.45, 7) is 9.00. The summed E-state index contributed by atoms with van der Waals surface area (Å²) in [5, 5.41) is -0.163. The molecule has 1 aliphatic carbocycles. The maximum absolute atomic E-state index is 7.49. The van der Waals surface area contributed by atoms with Crippen LogP contribution in [-0.2, 0) is 14.5 Å². The molecular weight excluding hydrogens is 408 g/mol. The van der Waals surface area contributed by atoms with Gasteiger partial charge in [0.15, 0.2) is 0 Å². The first kappa shape index (κ1) is 23.3. The molecule has 1 unspecified atom stereocenters. The second-order valence-corrected chi connectivity index (χ2v) is 13.8. The van der Waals surface area contributed by atoms with E-state index in [1.165, 1.54) is 24.0 Å². The van der Waals surface area contributed by atoms with Crippen LogP contribution >= 0.6 is 0 Å². The summed E-state index contributed by atoms with van der Waals surface area (Å²) >= 11 is 0. The largest absolute Gasteiger partial charge is 0.430 e. The fraction of sp³-hybridized carbons (Fsp3) is 0.517. The quantitative estimate of drug-likeness (QED) is 0.275. The molecule has 2 fully saturated rings. The second-order valence-electron chi connectivity index (χ2n) is 10.4. The molecule has 3 heteroatoms. The molecule has 0 spiro atoms. The Balaban J connectivity index is 1.94. The van der Waals surface area contributed by atoms with Gasteiger partial charge in [0.1, 0.15) is 5.60 Å². The van der Waals surface area contributed by atoms with Crippen LogP contribution in [-0.4, -0.2) is 14.7 Å². The van der Waals surface area contributed by atoms with Gasteiger partial charge in [0.25, 0.3) is 0 Å². The van der Waals surface area contributed by atoms with Crippen LogP contribution in [0.15, 0.2) is 60.7 Å². The smallest absolute Gasteiger partial charge is 0.381 e. The van der Waals surface area contributed by atoms with Gasteiger partial charge in [-0.2, -0.15) is 0 Å². The minimum Gasteiger partial charge on any atom is -0.381 e. The van der Waals surface area contributed by atoms with E-state index in [4.69, 9.17) is 8.85 Å². The molecule has 1 saturated heterocycles. The first-order chi connectivity index (χ1) is 15.4. The molecule has 170 valence electrons. The first-order valence-electron chi connectivity index (χ1n) is 12.4. The molecule has 0 bridgehead atoms. The molecule has 32 heavy (non-hydrogen) atoms. The van der Waals surface area contributed by atoms with Crippen molar-refractivity contribution in [3.8, 4) is 11.5 Å². The van der Waals surface area contributed by atoms with Crippen molar-refractivity contribution in [1.82, 2.24) is 0 Å². The SMILES string of the molecule is CCCCC#C[Si]1(C(C)(C)C)O[C@H]2CCCC[C@H]2C(c2ccccc2)(c2ccccc2)O1. The van der Waals surface area contributed by atoms with Gasteiger partial charge in [0.05, 0.1) is 6.10 Å². The van der Waals surface area contributed by atoms with E-state index in [0.717, 1.165) is 32.1 Å². The van der Waals surface area contributed by atoms with Gasteiger partial charge in [-0.05, 0) is 30.4 Å². The van der Waals surface area contributed by atoms with Gasteiger partial charge in [-0.3, -0.25) is 0 Å². The van der Waals surface area contributed by atoms with Crippen LogP contribution in [0.4, 0.5) is 0 Å². The highest BCUT2D eigenvalue weighted by atomic mass is 28.4. The van der Waals surface area contributed by atoms with E-state index in [0.29, 0.717) is 5.92 Å². The molecule has 1 heterocycles. The molecule has 1 aliphatic heterocycles. The Bertz CT molecular complexity index is 898. The molecule has 2 aliphatic rings. The van der Waals surface area contributed by atoms with E-state index in [-0.39, 0.29) is 11.1 Å². The van der Waals surface area contributed by atoms with Gasteiger partial charge in [-0.1, -0.05) is 113 Å². The van der Waals surface area contributed by atoms with Crippen LogP contribution in [0.3, 0.4) is 0 Å². The monoisotopic (exact) mass is 446 g/mol. The van der Waals surface area contributed by atoms with E-state index >= 15 is 0 Å². The van der Waals surface area contributed by atoms with Crippen molar-refractivity contribution in [1.29, 1.82) is 0 Å². The Hall–Kier alpha value is -1.86. The summed E-state index contributed by atoms with van der Waals surface area (Å²) in [6, 6.07) is 21.7. The summed E-state index contributed by atoms with van der Waals surface area (Å²) in [5.41, 5.74) is 5.64. The lowest BCUT2D eigenvalue weighted by molar-refractivity contribution is -0.122. The molecular formula is C29H38O2Si. The molecule has 2 aromatic rings. The Kier molecular flexibility index (Phi) is 6.96. The molecule has 0 amide bonds. The Labute approximate surface area is 196 Å². The van der Waals surface area contributed by atoms with Crippen molar-refractivity contribution in [2.75, 3.05) is 0 Å². The van der Waals surface area contributed by atoms with Gasteiger partial charge in [-0.15, -0.1) is 5.92 Å². The van der Waals surface area contributed by atoms with Crippen molar-refractivity contribution in [3.05, 3.63) is 71.8 Å². The maximum atomic E-state index is 7.49. The van der Waals surface area contributed by atoms with Crippen LogP contribution in [0.5, 0.6) is 0 Å². The predicted molar refractivity (Wildman–Crippen MR) is 134 cm³/mol. The zero-order chi connectivity index (χ0) is 22.7. The number of rotatable bonds is 4. The third-order valence-corrected chi connectivity index (χ3v) is 10.9. The molecule has 0 N–H and O–H groups in total. The van der Waals surface area contributed by atoms with Gasteiger partial charge < -0.3 is 8.85 Å². The molecule has 0 radical (unpaired) electrons. The zero-order valence-corrected chi connectivity index (χ0v) is 21.2. The normalized spacial score (nSPS) is 27.1. The minimum atomic E-state index is -2.90. The molecule has 4 rings (SSSR count). The molecule has 0 aromatic heterocycles. The lowest BCUT2D eigenvalue weighted by Gasteiger charge is -2.58. The summed E-state index contributed by atoms with van der Waals surface area (Å²) in [4.78, 5) is 0.